The second-order valence-electron chi connectivity index (χ2n) is 9.19. The summed E-state index contributed by atoms with van der Waals surface area (Å²) in [7, 11) is 1.82. The molecule has 10 nitrogen and oxygen atoms in total. The van der Waals surface area contributed by atoms with Crippen molar-refractivity contribution in [2.24, 2.45) is 7.05 Å². The molecule has 0 bridgehead atoms. The second-order valence-corrected chi connectivity index (χ2v) is 9.60. The number of nitrogens with one attached hydrogen (secondary N) is 2. The molecule has 11 heteroatoms. The van der Waals surface area contributed by atoms with Crippen LogP contribution in [0.5, 0.6) is 0 Å². The zero-order chi connectivity index (χ0) is 25.2. The molecule has 1 aromatic carbocycles. The molecule has 2 aliphatic heterocycles. The van der Waals surface area contributed by atoms with Crippen LogP contribution in [0.3, 0.4) is 0 Å². The standard InChI is InChI=1S/C25H28ClN7O3/c1-15(18-10-28-32(2)12-18)29-22(34)14-33-13-17-4-3-16(9-20(17)24(33)35)23-21(26)11-27-25(31-23)30-19-5-7-36-8-6-19/h3-4,9-12,15,19H,5-8,13-14H2,1-2H3,(H,29,34)(H,27,30,31). The van der Waals surface area contributed by atoms with Gasteiger partial charge in [-0.3, -0.25) is 14.3 Å². The maximum absolute atomic E-state index is 13.1. The van der Waals surface area contributed by atoms with Crippen LogP contribution < -0.4 is 10.6 Å². The normalized spacial score (nSPS) is 16.6. The minimum atomic E-state index is -0.226. The van der Waals surface area contributed by atoms with E-state index < -0.39 is 0 Å². The van der Waals surface area contributed by atoms with E-state index in [-0.39, 0.29) is 30.4 Å². The van der Waals surface area contributed by atoms with Crippen molar-refractivity contribution >= 4 is 29.4 Å². The average molecular weight is 510 g/mol. The molecule has 1 unspecified atom stereocenters. The molecule has 0 saturated carbocycles. The Morgan fingerprint density at radius 3 is 2.83 bits per heavy atom. The monoisotopic (exact) mass is 509 g/mol. The zero-order valence-corrected chi connectivity index (χ0v) is 21.0. The summed E-state index contributed by atoms with van der Waals surface area (Å²) < 4.78 is 7.09. The van der Waals surface area contributed by atoms with Crippen LogP contribution in [0.4, 0.5) is 5.95 Å². The zero-order valence-electron chi connectivity index (χ0n) is 20.2. The van der Waals surface area contributed by atoms with Gasteiger partial charge in [0.05, 0.1) is 29.2 Å². The van der Waals surface area contributed by atoms with Crippen LogP contribution in [-0.4, -0.2) is 62.3 Å². The molecule has 0 radical (unpaired) electrons. The summed E-state index contributed by atoms with van der Waals surface area (Å²) in [5, 5.41) is 10.8. The van der Waals surface area contributed by atoms with Gasteiger partial charge in [0.15, 0.2) is 0 Å². The number of hydrogen-bond acceptors (Lipinski definition) is 7. The third-order valence-corrected chi connectivity index (χ3v) is 6.77. The van der Waals surface area contributed by atoms with Crippen molar-refractivity contribution in [1.82, 2.24) is 30.0 Å². The minimum absolute atomic E-state index is 0.0269. The van der Waals surface area contributed by atoms with Crippen LogP contribution in [0.25, 0.3) is 11.3 Å². The summed E-state index contributed by atoms with van der Waals surface area (Å²) in [6.07, 6.45) is 6.91. The number of carbonyl (C=O) groups is 2. The van der Waals surface area contributed by atoms with E-state index in [4.69, 9.17) is 16.3 Å². The SMILES string of the molecule is CC(NC(=O)CN1Cc2ccc(-c3nc(NC4CCOCC4)ncc3Cl)cc2C1=O)c1cnn(C)c1. The molecule has 5 rings (SSSR count). The second kappa shape index (κ2) is 10.2. The number of amides is 2. The Labute approximate surface area is 214 Å². The molecule has 2 amide bonds. The van der Waals surface area contributed by atoms with Crippen molar-refractivity contribution in [2.75, 3.05) is 25.1 Å². The van der Waals surface area contributed by atoms with E-state index in [1.54, 1.807) is 28.0 Å². The number of aryl methyl sites for hydroxylation is 1. The van der Waals surface area contributed by atoms with Gasteiger partial charge in [-0.1, -0.05) is 23.7 Å². The maximum Gasteiger partial charge on any atom is 0.254 e. The average Bonchev–Trinajstić information content (AvgIpc) is 3.44. The lowest BCUT2D eigenvalue weighted by molar-refractivity contribution is -0.122. The quantitative estimate of drug-likeness (QED) is 0.503. The molecule has 1 atom stereocenters. The highest BCUT2D eigenvalue weighted by atomic mass is 35.5. The van der Waals surface area contributed by atoms with Crippen LogP contribution in [0.2, 0.25) is 5.02 Å². The molecular weight excluding hydrogens is 482 g/mol. The number of carbonyl (C=O) groups excluding carboxylic acids is 2. The van der Waals surface area contributed by atoms with E-state index in [1.165, 1.54) is 0 Å². The third-order valence-electron chi connectivity index (χ3n) is 6.50. The molecule has 1 fully saturated rings. The van der Waals surface area contributed by atoms with Crippen LogP contribution in [0.1, 0.15) is 47.3 Å². The van der Waals surface area contributed by atoms with Crippen molar-refractivity contribution in [1.29, 1.82) is 0 Å². The van der Waals surface area contributed by atoms with Gasteiger partial charge in [-0.25, -0.2) is 9.97 Å². The minimum Gasteiger partial charge on any atom is -0.381 e. The summed E-state index contributed by atoms with van der Waals surface area (Å²) in [4.78, 5) is 36.3. The number of rotatable bonds is 7. The van der Waals surface area contributed by atoms with Gasteiger partial charge in [0, 0.05) is 55.7 Å². The van der Waals surface area contributed by atoms with Gasteiger partial charge >= 0.3 is 0 Å². The number of anilines is 1. The molecule has 0 aliphatic carbocycles. The molecule has 3 aromatic rings. The Morgan fingerprint density at radius 2 is 2.08 bits per heavy atom. The first-order valence-corrected chi connectivity index (χ1v) is 12.3. The maximum atomic E-state index is 13.1. The molecule has 2 N–H and O–H groups in total. The van der Waals surface area contributed by atoms with Gasteiger partial charge in [-0.05, 0) is 31.4 Å². The number of halogens is 1. The molecule has 0 spiro atoms. The molecule has 188 valence electrons. The van der Waals surface area contributed by atoms with Crippen molar-refractivity contribution in [3.63, 3.8) is 0 Å². The number of benzene rings is 1. The van der Waals surface area contributed by atoms with E-state index in [0.717, 1.165) is 29.5 Å². The highest BCUT2D eigenvalue weighted by molar-refractivity contribution is 6.33. The number of ether oxygens (including phenoxy) is 1. The Balaban J connectivity index is 1.27. The molecule has 1 saturated heterocycles. The van der Waals surface area contributed by atoms with E-state index >= 15 is 0 Å². The lowest BCUT2D eigenvalue weighted by Crippen LogP contribution is -2.38. The summed E-state index contributed by atoms with van der Waals surface area (Å²) in [6.45, 7) is 3.65. The number of hydrogen-bond donors (Lipinski definition) is 2. The molecule has 36 heavy (non-hydrogen) atoms. The van der Waals surface area contributed by atoms with Crippen molar-refractivity contribution in [3.05, 3.63) is 58.5 Å². The van der Waals surface area contributed by atoms with E-state index in [0.29, 0.717) is 42.0 Å². The first-order chi connectivity index (χ1) is 17.4. The van der Waals surface area contributed by atoms with Crippen LogP contribution in [-0.2, 0) is 23.1 Å². The molecule has 2 aliphatic rings. The fraction of sp³-hybridized carbons (Fsp3) is 0.400. The Hall–Kier alpha value is -3.50. The van der Waals surface area contributed by atoms with E-state index in [2.05, 4.69) is 25.7 Å². The first-order valence-electron chi connectivity index (χ1n) is 11.9. The van der Waals surface area contributed by atoms with Crippen molar-refractivity contribution < 1.29 is 14.3 Å². The van der Waals surface area contributed by atoms with Gasteiger partial charge in [0.25, 0.3) is 5.91 Å². The number of fused-ring (bicyclic) bond motifs is 1. The predicted molar refractivity (Wildman–Crippen MR) is 134 cm³/mol. The van der Waals surface area contributed by atoms with Gasteiger partial charge < -0.3 is 20.3 Å². The van der Waals surface area contributed by atoms with Gasteiger partial charge in [0.1, 0.15) is 6.54 Å². The Morgan fingerprint density at radius 1 is 1.28 bits per heavy atom. The van der Waals surface area contributed by atoms with Crippen LogP contribution in [0, 0.1) is 0 Å². The fourth-order valence-electron chi connectivity index (χ4n) is 4.51. The Bertz CT molecular complexity index is 1290. The lowest BCUT2D eigenvalue weighted by Gasteiger charge is -2.23. The summed E-state index contributed by atoms with van der Waals surface area (Å²) in [5.74, 6) is 0.0753. The smallest absolute Gasteiger partial charge is 0.254 e. The highest BCUT2D eigenvalue weighted by Gasteiger charge is 2.30. The van der Waals surface area contributed by atoms with Crippen LogP contribution >= 0.6 is 11.6 Å². The van der Waals surface area contributed by atoms with Crippen molar-refractivity contribution in [2.45, 2.75) is 38.4 Å². The topological polar surface area (TPSA) is 114 Å². The first kappa shape index (κ1) is 24.2. The fourth-order valence-corrected chi connectivity index (χ4v) is 4.71. The van der Waals surface area contributed by atoms with E-state index in [9.17, 15) is 9.59 Å². The summed E-state index contributed by atoms with van der Waals surface area (Å²) >= 11 is 6.43. The largest absolute Gasteiger partial charge is 0.381 e. The third kappa shape index (κ3) is 5.19. The number of aromatic nitrogens is 4. The summed E-state index contributed by atoms with van der Waals surface area (Å²) in [5.41, 5.74) is 3.59. The Kier molecular flexibility index (Phi) is 6.88. The van der Waals surface area contributed by atoms with Gasteiger partial charge in [-0.15, -0.1) is 0 Å². The number of nitrogens with zero attached hydrogens (tertiary/aromatic N) is 5. The van der Waals surface area contributed by atoms with Gasteiger partial charge in [0.2, 0.25) is 11.9 Å². The highest BCUT2D eigenvalue weighted by Crippen LogP contribution is 2.31. The van der Waals surface area contributed by atoms with Crippen molar-refractivity contribution in [3.8, 4) is 11.3 Å². The van der Waals surface area contributed by atoms with E-state index in [1.807, 2.05) is 32.3 Å². The van der Waals surface area contributed by atoms with Crippen LogP contribution in [0.15, 0.2) is 36.8 Å². The van der Waals surface area contributed by atoms with Gasteiger partial charge in [-0.2, -0.15) is 5.10 Å². The summed E-state index contributed by atoms with van der Waals surface area (Å²) in [6, 6.07) is 5.62. The molecular formula is C25H28ClN7O3. The molecule has 4 heterocycles. The lowest BCUT2D eigenvalue weighted by atomic mass is 10.0. The predicted octanol–water partition coefficient (Wildman–Crippen LogP) is 2.95. The molecule has 2 aromatic heterocycles.